The molecule has 0 aliphatic rings. The highest BCUT2D eigenvalue weighted by Crippen LogP contribution is 2.31. The van der Waals surface area contributed by atoms with E-state index in [1.807, 2.05) is 6.92 Å². The molecule has 0 fully saturated rings. The van der Waals surface area contributed by atoms with Gasteiger partial charge in [-0.3, -0.25) is 4.79 Å². The molecular formula is C14H21NO5. The molecule has 0 saturated heterocycles. The van der Waals surface area contributed by atoms with Gasteiger partial charge in [0.05, 0.1) is 19.8 Å². The topological polar surface area (TPSA) is 77.0 Å². The van der Waals surface area contributed by atoms with Crippen LogP contribution in [-0.2, 0) is 16.1 Å². The average Bonchev–Trinajstić information content (AvgIpc) is 2.46. The predicted molar refractivity (Wildman–Crippen MR) is 73.9 cm³/mol. The Labute approximate surface area is 118 Å². The highest BCUT2D eigenvalue weighted by atomic mass is 16.5. The number of methoxy groups -OCH3 is 1. The number of carbonyl (C=O) groups is 1. The third-order valence-corrected chi connectivity index (χ3v) is 2.51. The summed E-state index contributed by atoms with van der Waals surface area (Å²) in [7, 11) is 1.56. The minimum atomic E-state index is -0.253. The Kier molecular flexibility index (Phi) is 7.46. The second-order valence-corrected chi connectivity index (χ2v) is 3.97. The lowest BCUT2D eigenvalue weighted by molar-refractivity contribution is -0.123. The molecule has 112 valence electrons. The number of benzene rings is 1. The summed E-state index contributed by atoms with van der Waals surface area (Å²) in [6.07, 6.45) is 0. The number of amides is 1. The molecule has 0 saturated carbocycles. The zero-order chi connectivity index (χ0) is 14.8. The number of hydrogen-bond donors (Lipinski definition) is 2. The molecule has 0 bridgehead atoms. The summed E-state index contributed by atoms with van der Waals surface area (Å²) in [5, 5.41) is 11.9. The van der Waals surface area contributed by atoms with Crippen LogP contribution >= 0.6 is 0 Å². The van der Waals surface area contributed by atoms with Gasteiger partial charge >= 0.3 is 0 Å². The number of aliphatic hydroxyl groups excluding tert-OH is 1. The van der Waals surface area contributed by atoms with Gasteiger partial charge in [0.25, 0.3) is 5.91 Å². The number of nitrogens with one attached hydrogen (secondary N) is 1. The summed E-state index contributed by atoms with van der Waals surface area (Å²) in [5.41, 5.74) is 0.584. The van der Waals surface area contributed by atoms with Crippen LogP contribution in [0.4, 0.5) is 0 Å². The molecule has 0 atom stereocenters. The fraction of sp³-hybridized carbons (Fsp3) is 0.500. The largest absolute Gasteiger partial charge is 0.490 e. The Morgan fingerprint density at radius 2 is 2.15 bits per heavy atom. The van der Waals surface area contributed by atoms with Crippen molar-refractivity contribution in [1.82, 2.24) is 5.32 Å². The van der Waals surface area contributed by atoms with E-state index in [2.05, 4.69) is 5.32 Å². The fourth-order valence-corrected chi connectivity index (χ4v) is 1.60. The summed E-state index contributed by atoms with van der Waals surface area (Å²) in [6.45, 7) is 2.89. The Morgan fingerprint density at radius 3 is 2.80 bits per heavy atom. The fourth-order valence-electron chi connectivity index (χ4n) is 1.60. The van der Waals surface area contributed by atoms with E-state index < -0.39 is 0 Å². The molecule has 1 amide bonds. The molecule has 1 aromatic carbocycles. The molecule has 0 aliphatic carbocycles. The van der Waals surface area contributed by atoms with Gasteiger partial charge in [0.2, 0.25) is 0 Å². The molecule has 0 unspecified atom stereocenters. The predicted octanol–water partition coefficient (Wildman–Crippen LogP) is 0.719. The maximum atomic E-state index is 11.6. The van der Waals surface area contributed by atoms with Crippen molar-refractivity contribution >= 4 is 5.91 Å². The SMILES string of the molecule is CCOc1cccc(CO)c1OCC(=O)NCCOC. The van der Waals surface area contributed by atoms with Gasteiger partial charge in [-0.05, 0) is 13.0 Å². The zero-order valence-corrected chi connectivity index (χ0v) is 11.8. The molecule has 6 heteroatoms. The lowest BCUT2D eigenvalue weighted by Crippen LogP contribution is -2.31. The van der Waals surface area contributed by atoms with E-state index in [4.69, 9.17) is 14.2 Å². The number of para-hydroxylation sites is 1. The molecule has 0 aliphatic heterocycles. The highest BCUT2D eigenvalue weighted by Gasteiger charge is 2.12. The lowest BCUT2D eigenvalue weighted by Gasteiger charge is -2.14. The van der Waals surface area contributed by atoms with Crippen molar-refractivity contribution in [2.75, 3.05) is 33.5 Å². The van der Waals surface area contributed by atoms with Gasteiger partial charge in [-0.25, -0.2) is 0 Å². The number of rotatable bonds is 9. The van der Waals surface area contributed by atoms with Gasteiger partial charge in [-0.2, -0.15) is 0 Å². The van der Waals surface area contributed by atoms with Crippen molar-refractivity contribution in [2.45, 2.75) is 13.5 Å². The van der Waals surface area contributed by atoms with Crippen molar-refractivity contribution < 1.29 is 24.1 Å². The van der Waals surface area contributed by atoms with E-state index in [0.29, 0.717) is 36.8 Å². The monoisotopic (exact) mass is 283 g/mol. The minimum absolute atomic E-state index is 0.138. The van der Waals surface area contributed by atoms with Crippen molar-refractivity contribution in [3.63, 3.8) is 0 Å². The van der Waals surface area contributed by atoms with Crippen LogP contribution in [0.1, 0.15) is 12.5 Å². The van der Waals surface area contributed by atoms with Gasteiger partial charge in [0.15, 0.2) is 18.1 Å². The molecule has 1 aromatic rings. The summed E-state index contributed by atoms with van der Waals surface area (Å²) < 4.78 is 15.7. The van der Waals surface area contributed by atoms with E-state index in [9.17, 15) is 9.90 Å². The van der Waals surface area contributed by atoms with Gasteiger partial charge in [-0.15, -0.1) is 0 Å². The Morgan fingerprint density at radius 1 is 1.35 bits per heavy atom. The third kappa shape index (κ3) is 5.07. The van der Waals surface area contributed by atoms with Crippen molar-refractivity contribution in [2.24, 2.45) is 0 Å². The van der Waals surface area contributed by atoms with Crippen molar-refractivity contribution in [1.29, 1.82) is 0 Å². The van der Waals surface area contributed by atoms with Crippen LogP contribution in [0.5, 0.6) is 11.5 Å². The van der Waals surface area contributed by atoms with Crippen LogP contribution < -0.4 is 14.8 Å². The molecular weight excluding hydrogens is 262 g/mol. The van der Waals surface area contributed by atoms with Crippen LogP contribution in [0.15, 0.2) is 18.2 Å². The lowest BCUT2D eigenvalue weighted by atomic mass is 10.2. The molecule has 0 heterocycles. The van der Waals surface area contributed by atoms with E-state index in [0.717, 1.165) is 0 Å². The minimum Gasteiger partial charge on any atom is -0.490 e. The summed E-state index contributed by atoms with van der Waals surface area (Å²) in [6, 6.07) is 5.23. The van der Waals surface area contributed by atoms with Crippen LogP contribution in [-0.4, -0.2) is 44.5 Å². The molecule has 2 N–H and O–H groups in total. The Bertz CT molecular complexity index is 422. The first kappa shape index (κ1) is 16.3. The van der Waals surface area contributed by atoms with Crippen LogP contribution in [0, 0.1) is 0 Å². The van der Waals surface area contributed by atoms with Crippen LogP contribution in [0.2, 0.25) is 0 Å². The van der Waals surface area contributed by atoms with E-state index in [1.165, 1.54) is 0 Å². The van der Waals surface area contributed by atoms with E-state index in [-0.39, 0.29) is 19.1 Å². The van der Waals surface area contributed by atoms with Gasteiger partial charge in [0, 0.05) is 19.2 Å². The molecule has 0 spiro atoms. The number of hydrogen-bond acceptors (Lipinski definition) is 5. The second-order valence-electron chi connectivity index (χ2n) is 3.97. The third-order valence-electron chi connectivity index (χ3n) is 2.51. The first-order valence-electron chi connectivity index (χ1n) is 6.46. The van der Waals surface area contributed by atoms with E-state index in [1.54, 1.807) is 25.3 Å². The molecule has 20 heavy (non-hydrogen) atoms. The first-order valence-corrected chi connectivity index (χ1v) is 6.46. The molecule has 0 aromatic heterocycles. The number of carbonyl (C=O) groups excluding carboxylic acids is 1. The summed E-state index contributed by atoms with van der Waals surface area (Å²) in [4.78, 5) is 11.6. The summed E-state index contributed by atoms with van der Waals surface area (Å²) in [5.74, 6) is 0.666. The normalized spacial score (nSPS) is 10.2. The van der Waals surface area contributed by atoms with Crippen molar-refractivity contribution in [3.05, 3.63) is 23.8 Å². The Balaban J connectivity index is 2.63. The Hall–Kier alpha value is -1.79. The first-order chi connectivity index (χ1) is 9.72. The number of aliphatic hydroxyl groups is 1. The van der Waals surface area contributed by atoms with E-state index >= 15 is 0 Å². The second kappa shape index (κ2) is 9.17. The smallest absolute Gasteiger partial charge is 0.258 e. The van der Waals surface area contributed by atoms with Gasteiger partial charge < -0.3 is 24.6 Å². The zero-order valence-electron chi connectivity index (χ0n) is 11.8. The molecule has 0 radical (unpaired) electrons. The average molecular weight is 283 g/mol. The maximum Gasteiger partial charge on any atom is 0.258 e. The highest BCUT2D eigenvalue weighted by molar-refractivity contribution is 5.77. The van der Waals surface area contributed by atoms with Crippen LogP contribution in [0.25, 0.3) is 0 Å². The summed E-state index contributed by atoms with van der Waals surface area (Å²) >= 11 is 0. The maximum absolute atomic E-state index is 11.6. The molecule has 6 nitrogen and oxygen atoms in total. The standard InChI is InChI=1S/C14H21NO5/c1-3-19-12-6-4-5-11(9-16)14(12)20-10-13(17)15-7-8-18-2/h4-6,16H,3,7-10H2,1-2H3,(H,15,17). The van der Waals surface area contributed by atoms with Crippen molar-refractivity contribution in [3.8, 4) is 11.5 Å². The van der Waals surface area contributed by atoms with Gasteiger partial charge in [-0.1, -0.05) is 12.1 Å². The number of ether oxygens (including phenoxy) is 3. The van der Waals surface area contributed by atoms with Crippen LogP contribution in [0.3, 0.4) is 0 Å². The van der Waals surface area contributed by atoms with Gasteiger partial charge in [0.1, 0.15) is 0 Å². The molecule has 1 rings (SSSR count). The quantitative estimate of drug-likeness (QED) is 0.653.